The van der Waals surface area contributed by atoms with Crippen molar-refractivity contribution in [2.75, 3.05) is 27.7 Å². The maximum Gasteiger partial charge on any atom is 0.123 e. The molecule has 0 fully saturated rings. The molecule has 0 heterocycles. The first-order valence-electron chi connectivity index (χ1n) is 5.65. The molecule has 0 aliphatic rings. The molecule has 0 radical (unpaired) electrons. The maximum absolute atomic E-state index is 6.17. The van der Waals surface area contributed by atoms with Crippen molar-refractivity contribution >= 4 is 0 Å². The highest BCUT2D eigenvalue weighted by Crippen LogP contribution is 2.25. The molecule has 1 unspecified atom stereocenters. The van der Waals surface area contributed by atoms with Crippen LogP contribution in [0.2, 0.25) is 0 Å². The number of hydrogen-bond donors (Lipinski definition) is 1. The molecule has 2 N–H and O–H groups in total. The van der Waals surface area contributed by atoms with Crippen molar-refractivity contribution in [2.45, 2.75) is 19.4 Å². The molecule has 16 heavy (non-hydrogen) atoms. The van der Waals surface area contributed by atoms with Gasteiger partial charge in [0.25, 0.3) is 0 Å². The Kier molecular flexibility index (Phi) is 4.77. The lowest BCUT2D eigenvalue weighted by Gasteiger charge is -2.20. The van der Waals surface area contributed by atoms with Gasteiger partial charge in [-0.05, 0) is 32.1 Å². The number of nitrogens with zero attached hydrogens (tertiary/aromatic N) is 1. The fourth-order valence-corrected chi connectivity index (χ4v) is 1.79. The number of benzene rings is 1. The van der Waals surface area contributed by atoms with Crippen LogP contribution in [0.25, 0.3) is 0 Å². The second kappa shape index (κ2) is 5.87. The standard InChI is InChI=1S/C13H22N2O/c1-5-10-6-7-13(16-4)11(8-10)12(14)9-15(2)3/h6-8,12H,5,9,14H2,1-4H3. The summed E-state index contributed by atoms with van der Waals surface area (Å²) in [6.45, 7) is 2.96. The summed E-state index contributed by atoms with van der Waals surface area (Å²) in [5.41, 5.74) is 8.56. The van der Waals surface area contributed by atoms with Crippen molar-refractivity contribution in [1.29, 1.82) is 0 Å². The molecule has 0 aliphatic heterocycles. The Labute approximate surface area is 98.2 Å². The lowest BCUT2D eigenvalue weighted by atomic mass is 10.0. The smallest absolute Gasteiger partial charge is 0.123 e. The Bertz CT molecular complexity index is 337. The minimum atomic E-state index is -0.00329. The third-order valence-electron chi connectivity index (χ3n) is 2.66. The Morgan fingerprint density at radius 1 is 1.38 bits per heavy atom. The van der Waals surface area contributed by atoms with E-state index in [1.807, 2.05) is 20.2 Å². The van der Waals surface area contributed by atoms with Gasteiger partial charge >= 0.3 is 0 Å². The predicted octanol–water partition coefficient (Wildman–Crippen LogP) is 1.82. The first-order valence-corrected chi connectivity index (χ1v) is 5.65. The third kappa shape index (κ3) is 3.22. The zero-order valence-corrected chi connectivity index (χ0v) is 10.7. The molecule has 1 aromatic rings. The van der Waals surface area contributed by atoms with Crippen LogP contribution in [0.1, 0.15) is 24.1 Å². The van der Waals surface area contributed by atoms with Crippen LogP contribution in [0.3, 0.4) is 0 Å². The maximum atomic E-state index is 6.17. The van der Waals surface area contributed by atoms with E-state index in [2.05, 4.69) is 24.0 Å². The van der Waals surface area contributed by atoms with Crippen LogP contribution < -0.4 is 10.5 Å². The van der Waals surface area contributed by atoms with Crippen LogP contribution >= 0.6 is 0 Å². The number of hydrogen-bond acceptors (Lipinski definition) is 3. The first-order chi connectivity index (χ1) is 7.58. The molecule has 90 valence electrons. The Morgan fingerprint density at radius 2 is 2.06 bits per heavy atom. The van der Waals surface area contributed by atoms with Crippen LogP contribution in [0.4, 0.5) is 0 Å². The Hall–Kier alpha value is -1.06. The molecule has 3 nitrogen and oxygen atoms in total. The molecule has 0 aliphatic carbocycles. The van der Waals surface area contributed by atoms with E-state index in [4.69, 9.17) is 10.5 Å². The van der Waals surface area contributed by atoms with E-state index in [1.54, 1.807) is 7.11 Å². The molecule has 0 spiro atoms. The highest BCUT2D eigenvalue weighted by atomic mass is 16.5. The summed E-state index contributed by atoms with van der Waals surface area (Å²) in [5, 5.41) is 0. The predicted molar refractivity (Wildman–Crippen MR) is 67.9 cm³/mol. The number of methoxy groups -OCH3 is 1. The van der Waals surface area contributed by atoms with E-state index in [0.717, 1.165) is 24.3 Å². The van der Waals surface area contributed by atoms with Crippen molar-refractivity contribution in [2.24, 2.45) is 5.73 Å². The summed E-state index contributed by atoms with van der Waals surface area (Å²) >= 11 is 0. The lowest BCUT2D eigenvalue weighted by Crippen LogP contribution is -2.26. The monoisotopic (exact) mass is 222 g/mol. The Balaban J connectivity index is 2.98. The number of nitrogens with two attached hydrogens (primary N) is 1. The number of likely N-dealkylation sites (N-methyl/N-ethyl adjacent to an activating group) is 1. The molecule has 1 aromatic carbocycles. The van der Waals surface area contributed by atoms with Gasteiger partial charge in [-0.3, -0.25) is 0 Å². The van der Waals surface area contributed by atoms with Crippen LogP contribution in [0, 0.1) is 0 Å². The first kappa shape index (κ1) is 13.0. The van der Waals surface area contributed by atoms with Gasteiger partial charge in [-0.15, -0.1) is 0 Å². The van der Waals surface area contributed by atoms with Gasteiger partial charge in [-0.25, -0.2) is 0 Å². The molecule has 0 bridgehead atoms. The highest BCUT2D eigenvalue weighted by Gasteiger charge is 2.13. The van der Waals surface area contributed by atoms with Crippen LogP contribution in [-0.2, 0) is 6.42 Å². The highest BCUT2D eigenvalue weighted by molar-refractivity contribution is 5.39. The minimum absolute atomic E-state index is 0.00329. The van der Waals surface area contributed by atoms with Crippen molar-refractivity contribution in [3.05, 3.63) is 29.3 Å². The van der Waals surface area contributed by atoms with E-state index in [9.17, 15) is 0 Å². The van der Waals surface area contributed by atoms with E-state index in [-0.39, 0.29) is 6.04 Å². The second-order valence-electron chi connectivity index (χ2n) is 4.30. The van der Waals surface area contributed by atoms with Gasteiger partial charge in [-0.1, -0.05) is 19.1 Å². The topological polar surface area (TPSA) is 38.5 Å². The molecular weight excluding hydrogens is 200 g/mol. The number of rotatable bonds is 5. The van der Waals surface area contributed by atoms with Crippen molar-refractivity contribution in [3.63, 3.8) is 0 Å². The number of ether oxygens (including phenoxy) is 1. The number of aryl methyl sites for hydroxylation is 1. The zero-order valence-electron chi connectivity index (χ0n) is 10.7. The molecule has 1 rings (SSSR count). The van der Waals surface area contributed by atoms with Gasteiger partial charge in [0.1, 0.15) is 5.75 Å². The molecule has 0 aromatic heterocycles. The fraction of sp³-hybridized carbons (Fsp3) is 0.538. The van der Waals surface area contributed by atoms with E-state index < -0.39 is 0 Å². The molecule has 0 saturated heterocycles. The quantitative estimate of drug-likeness (QED) is 0.826. The van der Waals surface area contributed by atoms with E-state index in [0.29, 0.717) is 0 Å². The van der Waals surface area contributed by atoms with Gasteiger partial charge in [0, 0.05) is 18.2 Å². The van der Waals surface area contributed by atoms with Crippen LogP contribution in [0.15, 0.2) is 18.2 Å². The third-order valence-corrected chi connectivity index (χ3v) is 2.66. The minimum Gasteiger partial charge on any atom is -0.496 e. The molecule has 0 saturated carbocycles. The van der Waals surface area contributed by atoms with Crippen molar-refractivity contribution < 1.29 is 4.74 Å². The van der Waals surface area contributed by atoms with Crippen LogP contribution in [-0.4, -0.2) is 32.6 Å². The van der Waals surface area contributed by atoms with Gasteiger partial charge < -0.3 is 15.4 Å². The van der Waals surface area contributed by atoms with Crippen molar-refractivity contribution in [3.8, 4) is 5.75 Å². The average molecular weight is 222 g/mol. The lowest BCUT2D eigenvalue weighted by molar-refractivity contribution is 0.362. The summed E-state index contributed by atoms with van der Waals surface area (Å²) in [5.74, 6) is 0.881. The summed E-state index contributed by atoms with van der Waals surface area (Å²) in [6.07, 6.45) is 1.02. The molecule has 3 heteroatoms. The fourth-order valence-electron chi connectivity index (χ4n) is 1.79. The molecule has 1 atom stereocenters. The summed E-state index contributed by atoms with van der Waals surface area (Å²) in [4.78, 5) is 2.09. The van der Waals surface area contributed by atoms with Crippen LogP contribution in [0.5, 0.6) is 5.75 Å². The zero-order chi connectivity index (χ0) is 12.1. The average Bonchev–Trinajstić information content (AvgIpc) is 2.27. The Morgan fingerprint density at radius 3 is 2.56 bits per heavy atom. The van der Waals surface area contributed by atoms with Gasteiger partial charge in [-0.2, -0.15) is 0 Å². The van der Waals surface area contributed by atoms with E-state index >= 15 is 0 Å². The SMILES string of the molecule is CCc1ccc(OC)c(C(N)CN(C)C)c1. The summed E-state index contributed by atoms with van der Waals surface area (Å²) < 4.78 is 5.35. The molecular formula is C13H22N2O. The second-order valence-corrected chi connectivity index (χ2v) is 4.30. The van der Waals surface area contributed by atoms with E-state index in [1.165, 1.54) is 5.56 Å². The van der Waals surface area contributed by atoms with Crippen molar-refractivity contribution in [1.82, 2.24) is 4.90 Å². The normalized spacial score (nSPS) is 12.9. The largest absolute Gasteiger partial charge is 0.496 e. The van der Waals surface area contributed by atoms with Gasteiger partial charge in [0.15, 0.2) is 0 Å². The van der Waals surface area contributed by atoms with Gasteiger partial charge in [0.05, 0.1) is 7.11 Å². The van der Waals surface area contributed by atoms with Gasteiger partial charge in [0.2, 0.25) is 0 Å². The molecule has 0 amide bonds. The summed E-state index contributed by atoms with van der Waals surface area (Å²) in [7, 11) is 5.73. The summed E-state index contributed by atoms with van der Waals surface area (Å²) in [6, 6.07) is 6.23.